The second-order valence-corrected chi connectivity index (χ2v) is 10.0. The lowest BCUT2D eigenvalue weighted by Gasteiger charge is -2.30. The lowest BCUT2D eigenvalue weighted by atomic mass is 9.90. The van der Waals surface area contributed by atoms with Crippen molar-refractivity contribution in [1.29, 1.82) is 0 Å². The maximum absolute atomic E-state index is 12.8. The van der Waals surface area contributed by atoms with E-state index in [1.807, 2.05) is 53.9 Å². The number of carbonyl (C=O) groups excluding carboxylic acids is 1. The van der Waals surface area contributed by atoms with E-state index in [9.17, 15) is 4.79 Å². The third-order valence-corrected chi connectivity index (χ3v) is 7.68. The van der Waals surface area contributed by atoms with E-state index in [1.54, 1.807) is 11.3 Å². The molecule has 0 aliphatic carbocycles. The van der Waals surface area contributed by atoms with Crippen molar-refractivity contribution < 1.29 is 4.79 Å². The Kier molecular flexibility index (Phi) is 7.48. The van der Waals surface area contributed by atoms with Crippen molar-refractivity contribution >= 4 is 28.6 Å². The number of carbonyl (C=O) groups is 1. The number of anilines is 2. The van der Waals surface area contributed by atoms with Gasteiger partial charge >= 0.3 is 0 Å². The minimum Gasteiger partial charge on any atom is -0.397 e. The van der Waals surface area contributed by atoms with Gasteiger partial charge < -0.3 is 21.3 Å². The first-order valence-electron chi connectivity index (χ1n) is 11.8. The molecule has 1 amide bonds. The first-order chi connectivity index (χ1) is 16.0. The highest BCUT2D eigenvalue weighted by atomic mass is 32.1. The van der Waals surface area contributed by atoms with Crippen LogP contribution >= 0.6 is 11.3 Å². The van der Waals surface area contributed by atoms with Crippen LogP contribution in [0.25, 0.3) is 10.4 Å². The Bertz CT molecular complexity index is 1060. The van der Waals surface area contributed by atoms with Gasteiger partial charge in [-0.2, -0.15) is 0 Å². The van der Waals surface area contributed by atoms with Crippen LogP contribution in [0.5, 0.6) is 0 Å². The molecule has 33 heavy (non-hydrogen) atoms. The van der Waals surface area contributed by atoms with Gasteiger partial charge in [-0.25, -0.2) is 0 Å². The van der Waals surface area contributed by atoms with Gasteiger partial charge in [0.25, 0.3) is 5.91 Å². The van der Waals surface area contributed by atoms with E-state index in [0.717, 1.165) is 30.1 Å². The Morgan fingerprint density at radius 3 is 2.70 bits per heavy atom. The Labute approximate surface area is 201 Å². The van der Waals surface area contributed by atoms with Crippen molar-refractivity contribution in [2.75, 3.05) is 31.2 Å². The Morgan fingerprint density at radius 1 is 1.21 bits per heavy atom. The van der Waals surface area contributed by atoms with E-state index < -0.39 is 0 Å². The quantitative estimate of drug-likeness (QED) is 0.362. The smallest absolute Gasteiger partial charge is 0.255 e. The van der Waals surface area contributed by atoms with Crippen LogP contribution in [0.4, 0.5) is 11.4 Å². The number of thiophene rings is 1. The molecule has 174 valence electrons. The van der Waals surface area contributed by atoms with Gasteiger partial charge in [-0.15, -0.1) is 11.3 Å². The third-order valence-electron chi connectivity index (χ3n) is 6.76. The van der Waals surface area contributed by atoms with Crippen molar-refractivity contribution in [3.63, 3.8) is 0 Å². The van der Waals surface area contributed by atoms with Crippen LogP contribution in [0.15, 0.2) is 60.0 Å². The van der Waals surface area contributed by atoms with E-state index in [4.69, 9.17) is 5.73 Å². The van der Waals surface area contributed by atoms with Crippen LogP contribution < -0.4 is 16.4 Å². The van der Waals surface area contributed by atoms with Crippen LogP contribution in [0, 0.1) is 0 Å². The SMILES string of the molecule is CCC1(CCN(C)Cc2ccc(C(=O)Nc3cc(-c4cccs4)ccc3N)cc2)CCCN1. The van der Waals surface area contributed by atoms with Gasteiger partial charge in [0.1, 0.15) is 0 Å². The third kappa shape index (κ3) is 5.82. The second-order valence-electron chi connectivity index (χ2n) is 9.08. The maximum Gasteiger partial charge on any atom is 0.255 e. The second kappa shape index (κ2) is 10.5. The molecule has 5 nitrogen and oxygen atoms in total. The molecule has 1 aromatic heterocycles. The summed E-state index contributed by atoms with van der Waals surface area (Å²) in [5, 5.41) is 8.73. The molecule has 0 radical (unpaired) electrons. The molecule has 0 spiro atoms. The highest BCUT2D eigenvalue weighted by molar-refractivity contribution is 7.13. The van der Waals surface area contributed by atoms with Gasteiger partial charge in [0.2, 0.25) is 0 Å². The number of nitrogens with one attached hydrogen (secondary N) is 2. The summed E-state index contributed by atoms with van der Waals surface area (Å²) in [6.07, 6.45) is 4.92. The van der Waals surface area contributed by atoms with Crippen molar-refractivity contribution in [2.24, 2.45) is 0 Å². The van der Waals surface area contributed by atoms with Gasteiger partial charge in [0, 0.05) is 22.5 Å². The monoisotopic (exact) mass is 462 g/mol. The summed E-state index contributed by atoms with van der Waals surface area (Å²) in [4.78, 5) is 16.3. The Morgan fingerprint density at radius 2 is 2.03 bits per heavy atom. The molecule has 4 rings (SSSR count). The highest BCUT2D eigenvalue weighted by Gasteiger charge is 2.31. The van der Waals surface area contributed by atoms with Gasteiger partial charge in [0.05, 0.1) is 11.4 Å². The fourth-order valence-electron chi connectivity index (χ4n) is 4.57. The van der Waals surface area contributed by atoms with E-state index in [2.05, 4.69) is 35.6 Å². The van der Waals surface area contributed by atoms with Crippen LogP contribution in [0.1, 0.15) is 48.5 Å². The number of hydrogen-bond donors (Lipinski definition) is 3. The highest BCUT2D eigenvalue weighted by Crippen LogP contribution is 2.30. The van der Waals surface area contributed by atoms with E-state index in [0.29, 0.717) is 22.5 Å². The molecule has 2 aromatic carbocycles. The molecule has 3 aromatic rings. The number of rotatable bonds is 9. The number of benzene rings is 2. The number of nitrogens with two attached hydrogens (primary N) is 1. The van der Waals surface area contributed by atoms with Gasteiger partial charge in [0.15, 0.2) is 0 Å². The minimum atomic E-state index is -0.151. The summed E-state index contributed by atoms with van der Waals surface area (Å²) in [6.45, 7) is 5.36. The van der Waals surface area contributed by atoms with Crippen LogP contribution in [0.3, 0.4) is 0 Å². The lowest BCUT2D eigenvalue weighted by molar-refractivity contribution is 0.102. The van der Waals surface area contributed by atoms with Crippen LogP contribution in [0.2, 0.25) is 0 Å². The molecule has 6 heteroatoms. The number of nitrogen functional groups attached to an aromatic ring is 1. The van der Waals surface area contributed by atoms with Gasteiger partial charge in [-0.05, 0) is 92.7 Å². The zero-order chi connectivity index (χ0) is 23.3. The molecular formula is C27H34N4OS. The summed E-state index contributed by atoms with van der Waals surface area (Å²) in [5.74, 6) is -0.151. The first-order valence-corrected chi connectivity index (χ1v) is 12.6. The van der Waals surface area contributed by atoms with E-state index >= 15 is 0 Å². The fourth-order valence-corrected chi connectivity index (χ4v) is 5.30. The summed E-state index contributed by atoms with van der Waals surface area (Å²) < 4.78 is 0. The molecule has 1 saturated heterocycles. The van der Waals surface area contributed by atoms with Crippen molar-refractivity contribution in [3.05, 3.63) is 71.1 Å². The predicted octanol–water partition coefficient (Wildman–Crippen LogP) is 5.60. The molecule has 0 saturated carbocycles. The summed E-state index contributed by atoms with van der Waals surface area (Å²) >= 11 is 1.66. The Balaban J connectivity index is 1.34. The molecule has 2 heterocycles. The molecule has 1 aliphatic rings. The van der Waals surface area contributed by atoms with Gasteiger partial charge in [-0.1, -0.05) is 31.2 Å². The largest absolute Gasteiger partial charge is 0.397 e. The maximum atomic E-state index is 12.8. The van der Waals surface area contributed by atoms with Crippen molar-refractivity contribution in [2.45, 2.75) is 44.7 Å². The molecule has 1 atom stereocenters. The van der Waals surface area contributed by atoms with Crippen molar-refractivity contribution in [3.8, 4) is 10.4 Å². The van der Waals surface area contributed by atoms with Crippen molar-refractivity contribution in [1.82, 2.24) is 10.2 Å². The molecule has 4 N–H and O–H groups in total. The summed E-state index contributed by atoms with van der Waals surface area (Å²) in [7, 11) is 2.17. The standard InChI is InChI=1S/C27H34N4OS/c1-3-27(13-5-15-29-27)14-16-31(2)19-20-7-9-21(10-8-20)26(32)30-24-18-22(11-12-23(24)28)25-6-4-17-33-25/h4,6-12,17-18,29H,3,5,13-16,19,28H2,1-2H3,(H,30,32). The molecule has 1 unspecified atom stereocenters. The molecule has 1 aliphatic heterocycles. The minimum absolute atomic E-state index is 0.151. The van der Waals surface area contributed by atoms with Crippen LogP contribution in [-0.4, -0.2) is 36.5 Å². The average molecular weight is 463 g/mol. The van der Waals surface area contributed by atoms with Crippen LogP contribution in [-0.2, 0) is 6.54 Å². The number of amides is 1. The summed E-state index contributed by atoms with van der Waals surface area (Å²) in [5.41, 5.74) is 10.5. The lowest BCUT2D eigenvalue weighted by Crippen LogP contribution is -2.41. The zero-order valence-electron chi connectivity index (χ0n) is 19.6. The van der Waals surface area contributed by atoms with E-state index in [1.165, 1.54) is 31.2 Å². The predicted molar refractivity (Wildman–Crippen MR) is 140 cm³/mol. The molecule has 1 fully saturated rings. The molecular weight excluding hydrogens is 428 g/mol. The van der Waals surface area contributed by atoms with E-state index in [-0.39, 0.29) is 5.91 Å². The number of hydrogen-bond acceptors (Lipinski definition) is 5. The number of nitrogens with zero attached hydrogens (tertiary/aromatic N) is 1. The van der Waals surface area contributed by atoms with Gasteiger partial charge in [-0.3, -0.25) is 4.79 Å². The Hall–Kier alpha value is -2.67. The topological polar surface area (TPSA) is 70.4 Å². The normalized spacial score (nSPS) is 18.0. The fraction of sp³-hybridized carbons (Fsp3) is 0.370. The first kappa shape index (κ1) is 23.5. The molecule has 0 bridgehead atoms. The average Bonchev–Trinajstić information content (AvgIpc) is 3.53. The summed E-state index contributed by atoms with van der Waals surface area (Å²) in [6, 6.07) is 17.7. The zero-order valence-corrected chi connectivity index (χ0v) is 20.4.